The van der Waals surface area contributed by atoms with Crippen molar-refractivity contribution in [3.8, 4) is 16.8 Å². The van der Waals surface area contributed by atoms with Gasteiger partial charge in [0, 0.05) is 43.0 Å². The van der Waals surface area contributed by atoms with Crippen molar-refractivity contribution in [2.75, 3.05) is 45.7 Å². The molecule has 3 heterocycles. The molecule has 0 fully saturated rings. The van der Waals surface area contributed by atoms with E-state index in [1.807, 2.05) is 37.2 Å². The van der Waals surface area contributed by atoms with Gasteiger partial charge in [-0.25, -0.2) is 14.2 Å². The molecule has 282 valence electrons. The molecular formula is C39H37ClFN9O5. The molecule has 0 saturated heterocycles. The van der Waals surface area contributed by atoms with Gasteiger partial charge in [-0.05, 0) is 103 Å². The Hall–Kier alpha value is -6.32. The number of carbonyl (C=O) groups excluding carboxylic acids is 4. The van der Waals surface area contributed by atoms with Gasteiger partial charge in [-0.15, -0.1) is 5.10 Å². The van der Waals surface area contributed by atoms with E-state index in [-0.39, 0.29) is 46.7 Å². The van der Waals surface area contributed by atoms with Crippen molar-refractivity contribution in [1.82, 2.24) is 40.3 Å². The molecule has 3 amide bonds. The smallest absolute Gasteiger partial charge is 0.339 e. The van der Waals surface area contributed by atoms with Crippen LogP contribution in [0.25, 0.3) is 22.9 Å². The number of fused-ring (bicyclic) bond motifs is 1. The molecule has 1 aliphatic rings. The number of rotatable bonds is 12. The van der Waals surface area contributed by atoms with E-state index in [1.165, 1.54) is 58.5 Å². The average molecular weight is 766 g/mol. The molecule has 3 aromatic carbocycles. The zero-order valence-corrected chi connectivity index (χ0v) is 31.0. The fourth-order valence-corrected chi connectivity index (χ4v) is 6.35. The van der Waals surface area contributed by atoms with Gasteiger partial charge in [0.25, 0.3) is 11.8 Å². The largest absolute Gasteiger partial charge is 0.462 e. The van der Waals surface area contributed by atoms with Crippen molar-refractivity contribution in [2.24, 2.45) is 0 Å². The molecule has 1 unspecified atom stereocenters. The number of esters is 1. The molecule has 55 heavy (non-hydrogen) atoms. The number of nitrogens with one attached hydrogen (secondary N) is 2. The van der Waals surface area contributed by atoms with E-state index >= 15 is 4.39 Å². The van der Waals surface area contributed by atoms with E-state index in [0.717, 1.165) is 16.7 Å². The maximum atomic E-state index is 15.4. The summed E-state index contributed by atoms with van der Waals surface area (Å²) in [6.45, 7) is 3.23. The van der Waals surface area contributed by atoms with Crippen LogP contribution in [0.3, 0.4) is 0 Å². The SMILES string of the molecule is CCOC(=O)c1ccc(NC(=O)C2c3cccc(-c4ccc(C(=O)NCCN(C)C)cc4)c3CCN2C(=O)/C=C/c2c(-n3cnnn3)ccc(Cl)c2F)nc1. The van der Waals surface area contributed by atoms with Crippen molar-refractivity contribution in [1.29, 1.82) is 0 Å². The molecule has 5 aromatic rings. The van der Waals surface area contributed by atoms with Crippen LogP contribution in [0.4, 0.5) is 10.2 Å². The van der Waals surface area contributed by atoms with Crippen LogP contribution in [0.2, 0.25) is 5.02 Å². The van der Waals surface area contributed by atoms with Gasteiger partial charge >= 0.3 is 5.97 Å². The number of benzene rings is 3. The van der Waals surface area contributed by atoms with Gasteiger partial charge in [-0.1, -0.05) is 41.9 Å². The number of anilines is 1. The fraction of sp³-hybridized carbons (Fsp3) is 0.231. The minimum atomic E-state index is -1.14. The molecule has 0 saturated carbocycles. The van der Waals surface area contributed by atoms with Crippen LogP contribution in [0.1, 0.15) is 50.4 Å². The molecule has 16 heteroatoms. The van der Waals surface area contributed by atoms with Crippen LogP contribution in [0.5, 0.6) is 0 Å². The predicted octanol–water partition coefficient (Wildman–Crippen LogP) is 4.76. The average Bonchev–Trinajstić information content (AvgIpc) is 3.73. The third-order valence-electron chi connectivity index (χ3n) is 8.88. The molecule has 6 rings (SSSR count). The lowest BCUT2D eigenvalue weighted by molar-refractivity contribution is -0.135. The summed E-state index contributed by atoms with van der Waals surface area (Å²) in [7, 11) is 3.86. The van der Waals surface area contributed by atoms with Gasteiger partial charge in [0.2, 0.25) is 5.91 Å². The van der Waals surface area contributed by atoms with Gasteiger partial charge in [0.1, 0.15) is 18.2 Å². The number of aromatic nitrogens is 5. The number of hydrogen-bond donors (Lipinski definition) is 2. The third kappa shape index (κ3) is 8.74. The molecule has 2 N–H and O–H groups in total. The van der Waals surface area contributed by atoms with Crippen LogP contribution < -0.4 is 10.6 Å². The van der Waals surface area contributed by atoms with Crippen LogP contribution in [0, 0.1) is 5.82 Å². The lowest BCUT2D eigenvalue weighted by Crippen LogP contribution is -2.45. The molecular weight excluding hydrogens is 729 g/mol. The maximum Gasteiger partial charge on any atom is 0.339 e. The normalized spacial score (nSPS) is 13.8. The molecule has 1 aliphatic heterocycles. The molecule has 0 radical (unpaired) electrons. The number of likely N-dealkylation sites (N-methyl/N-ethyl adjacent to an activating group) is 1. The summed E-state index contributed by atoms with van der Waals surface area (Å²) in [5, 5.41) is 16.6. The van der Waals surface area contributed by atoms with Gasteiger partial charge in [0.15, 0.2) is 5.82 Å². The van der Waals surface area contributed by atoms with Crippen molar-refractivity contribution >= 4 is 47.2 Å². The highest BCUT2D eigenvalue weighted by Crippen LogP contribution is 2.37. The summed E-state index contributed by atoms with van der Waals surface area (Å²) in [5.74, 6) is -2.51. The standard InChI is InChI=1S/C39H37ClFN9O5/c1-4-55-39(54)26-12-16-33(43-22-26)45-38(53)36-29-7-5-6-27(24-8-10-25(11-9-24)37(52)42-19-21-48(2)3)28(29)18-20-49(36)34(51)17-13-30-32(50-23-44-46-47-50)15-14-31(40)35(30)41/h5-17,22-23,36H,4,18-21H2,1-3H3,(H,42,52)(H,43,45,53)/b17-13+. The van der Waals surface area contributed by atoms with Crippen molar-refractivity contribution in [3.05, 3.63) is 124 Å². The van der Waals surface area contributed by atoms with E-state index in [2.05, 4.69) is 31.1 Å². The summed E-state index contributed by atoms with van der Waals surface area (Å²) in [4.78, 5) is 60.8. The fourth-order valence-electron chi connectivity index (χ4n) is 6.19. The Labute approximate surface area is 320 Å². The number of amides is 3. The van der Waals surface area contributed by atoms with Gasteiger partial charge < -0.3 is 25.2 Å². The second-order valence-electron chi connectivity index (χ2n) is 12.7. The first-order valence-corrected chi connectivity index (χ1v) is 17.7. The first-order chi connectivity index (χ1) is 26.5. The summed E-state index contributed by atoms with van der Waals surface area (Å²) in [5.41, 5.74) is 3.99. The molecule has 2 aromatic heterocycles. The Morgan fingerprint density at radius 2 is 1.82 bits per heavy atom. The maximum absolute atomic E-state index is 15.4. The summed E-state index contributed by atoms with van der Waals surface area (Å²) in [6.07, 6.45) is 5.40. The van der Waals surface area contributed by atoms with Crippen LogP contribution in [0.15, 0.2) is 85.3 Å². The van der Waals surface area contributed by atoms with E-state index in [0.29, 0.717) is 30.6 Å². The predicted molar refractivity (Wildman–Crippen MR) is 203 cm³/mol. The molecule has 0 bridgehead atoms. The Balaban J connectivity index is 1.33. The zero-order valence-electron chi connectivity index (χ0n) is 30.2. The van der Waals surface area contributed by atoms with E-state index in [1.54, 1.807) is 31.2 Å². The van der Waals surface area contributed by atoms with Gasteiger partial charge in [-0.2, -0.15) is 4.68 Å². The third-order valence-corrected chi connectivity index (χ3v) is 9.17. The first-order valence-electron chi connectivity index (χ1n) is 17.3. The second kappa shape index (κ2) is 17.2. The summed E-state index contributed by atoms with van der Waals surface area (Å²) in [6, 6.07) is 17.4. The number of halogens is 2. The van der Waals surface area contributed by atoms with Crippen molar-refractivity contribution in [3.63, 3.8) is 0 Å². The number of carbonyl (C=O) groups is 4. The van der Waals surface area contributed by atoms with Crippen molar-refractivity contribution in [2.45, 2.75) is 19.4 Å². The van der Waals surface area contributed by atoms with Crippen LogP contribution >= 0.6 is 11.6 Å². The number of hydrogen-bond acceptors (Lipinski definition) is 10. The monoisotopic (exact) mass is 765 g/mol. The van der Waals surface area contributed by atoms with Crippen LogP contribution in [-0.2, 0) is 20.7 Å². The number of tetrazole rings is 1. The topological polar surface area (TPSA) is 165 Å². The van der Waals surface area contributed by atoms with Crippen LogP contribution in [-0.4, -0.2) is 99.0 Å². The first kappa shape index (κ1) is 38.4. The number of pyridine rings is 1. The van der Waals surface area contributed by atoms with E-state index in [4.69, 9.17) is 16.3 Å². The van der Waals surface area contributed by atoms with Gasteiger partial charge in [-0.3, -0.25) is 14.4 Å². The van der Waals surface area contributed by atoms with Gasteiger partial charge in [0.05, 0.1) is 22.9 Å². The molecule has 0 spiro atoms. The minimum absolute atomic E-state index is 0.0328. The van der Waals surface area contributed by atoms with Crippen molar-refractivity contribution < 1.29 is 28.3 Å². The highest BCUT2D eigenvalue weighted by atomic mass is 35.5. The second-order valence-corrected chi connectivity index (χ2v) is 13.1. The Bertz CT molecular complexity index is 2230. The highest BCUT2D eigenvalue weighted by molar-refractivity contribution is 6.31. The Kier molecular flexibility index (Phi) is 12.0. The lowest BCUT2D eigenvalue weighted by Gasteiger charge is -2.36. The minimum Gasteiger partial charge on any atom is -0.462 e. The van der Waals surface area contributed by atoms with E-state index < -0.39 is 29.6 Å². The number of ether oxygens (including phenoxy) is 1. The Morgan fingerprint density at radius 3 is 2.51 bits per heavy atom. The number of nitrogens with zero attached hydrogens (tertiary/aromatic N) is 7. The highest BCUT2D eigenvalue weighted by Gasteiger charge is 2.36. The lowest BCUT2D eigenvalue weighted by atomic mass is 9.86. The Morgan fingerprint density at radius 1 is 1.04 bits per heavy atom. The zero-order chi connectivity index (χ0) is 39.1. The quantitative estimate of drug-likeness (QED) is 0.134. The molecule has 14 nitrogen and oxygen atoms in total. The summed E-state index contributed by atoms with van der Waals surface area (Å²) < 4.78 is 21.6. The molecule has 1 atom stereocenters. The van der Waals surface area contributed by atoms with E-state index in [9.17, 15) is 19.2 Å². The summed E-state index contributed by atoms with van der Waals surface area (Å²) >= 11 is 6.10. The molecule has 0 aliphatic carbocycles.